The lowest BCUT2D eigenvalue weighted by atomic mass is 10.2. The highest BCUT2D eigenvalue weighted by Crippen LogP contribution is 2.36. The summed E-state index contributed by atoms with van der Waals surface area (Å²) in [6, 6.07) is 31.2. The molecular weight excluding hydrogens is 388 g/mol. The highest BCUT2D eigenvalue weighted by atomic mass is 28.4. The second-order valence-electron chi connectivity index (χ2n) is 8.29. The summed E-state index contributed by atoms with van der Waals surface area (Å²) in [7, 11) is -2.48. The van der Waals surface area contributed by atoms with Crippen molar-refractivity contribution in [2.45, 2.75) is 25.8 Å². The van der Waals surface area contributed by atoms with Crippen molar-refractivity contribution in [2.75, 3.05) is 26.4 Å². The van der Waals surface area contributed by atoms with E-state index in [1.165, 1.54) is 10.4 Å². The molecule has 0 radical (unpaired) electrons. The molecule has 0 saturated carbocycles. The molecule has 0 amide bonds. The Labute approximate surface area is 181 Å². The van der Waals surface area contributed by atoms with Crippen LogP contribution in [0.3, 0.4) is 0 Å². The molecule has 0 aliphatic carbocycles. The fraction of sp³-hybridized carbons (Fsp3) is 0.308. The molecular formula is C26H32O3Si. The van der Waals surface area contributed by atoms with E-state index in [9.17, 15) is 0 Å². The monoisotopic (exact) mass is 420 g/mol. The first-order valence-corrected chi connectivity index (χ1v) is 12.5. The van der Waals surface area contributed by atoms with Gasteiger partial charge < -0.3 is 13.9 Å². The van der Waals surface area contributed by atoms with Gasteiger partial charge in [0.05, 0.1) is 19.8 Å². The van der Waals surface area contributed by atoms with Gasteiger partial charge in [-0.15, -0.1) is 0 Å². The van der Waals surface area contributed by atoms with Crippen LogP contribution in [0.5, 0.6) is 5.75 Å². The summed E-state index contributed by atoms with van der Waals surface area (Å²) in [6.07, 6.45) is 0. The van der Waals surface area contributed by atoms with E-state index < -0.39 is 8.32 Å². The van der Waals surface area contributed by atoms with E-state index in [0.29, 0.717) is 26.4 Å². The Morgan fingerprint density at radius 1 is 0.600 bits per heavy atom. The van der Waals surface area contributed by atoms with Gasteiger partial charge in [-0.05, 0) is 27.5 Å². The van der Waals surface area contributed by atoms with E-state index >= 15 is 0 Å². The molecule has 3 rings (SSSR count). The van der Waals surface area contributed by atoms with Crippen LogP contribution in [0.2, 0.25) is 5.04 Å². The first kappa shape index (κ1) is 22.3. The van der Waals surface area contributed by atoms with Crippen LogP contribution in [-0.2, 0) is 9.16 Å². The predicted molar refractivity (Wildman–Crippen MR) is 126 cm³/mol. The maximum atomic E-state index is 6.80. The van der Waals surface area contributed by atoms with E-state index in [1.807, 2.05) is 30.3 Å². The lowest BCUT2D eigenvalue weighted by molar-refractivity contribution is 0.0741. The Morgan fingerprint density at radius 2 is 1.07 bits per heavy atom. The third-order valence-electron chi connectivity index (χ3n) is 5.20. The molecule has 0 spiro atoms. The molecule has 0 N–H and O–H groups in total. The van der Waals surface area contributed by atoms with E-state index in [0.717, 1.165) is 5.75 Å². The average Bonchev–Trinajstić information content (AvgIpc) is 2.77. The first-order valence-electron chi connectivity index (χ1n) is 10.5. The lowest BCUT2D eigenvalue weighted by Crippen LogP contribution is -2.66. The predicted octanol–water partition coefficient (Wildman–Crippen LogP) is 4.66. The Balaban J connectivity index is 1.65. The second-order valence-corrected chi connectivity index (χ2v) is 12.6. The van der Waals surface area contributed by atoms with Crippen LogP contribution in [0.25, 0.3) is 0 Å². The van der Waals surface area contributed by atoms with Gasteiger partial charge in [-0.25, -0.2) is 0 Å². The van der Waals surface area contributed by atoms with Gasteiger partial charge >= 0.3 is 0 Å². The van der Waals surface area contributed by atoms with Crippen molar-refractivity contribution >= 4 is 18.7 Å². The topological polar surface area (TPSA) is 27.7 Å². The van der Waals surface area contributed by atoms with Crippen LogP contribution in [0, 0.1) is 0 Å². The highest BCUT2D eigenvalue weighted by Gasteiger charge is 2.49. The molecule has 30 heavy (non-hydrogen) atoms. The molecule has 0 unspecified atom stereocenters. The smallest absolute Gasteiger partial charge is 0.261 e. The maximum Gasteiger partial charge on any atom is 0.261 e. The number of para-hydroxylation sites is 1. The van der Waals surface area contributed by atoms with Crippen molar-refractivity contribution < 1.29 is 13.9 Å². The summed E-state index contributed by atoms with van der Waals surface area (Å²) in [6.45, 7) is 9.03. The zero-order chi connectivity index (χ0) is 21.3. The first-order chi connectivity index (χ1) is 14.5. The zero-order valence-electron chi connectivity index (χ0n) is 18.2. The quantitative estimate of drug-likeness (QED) is 0.353. The molecule has 0 aliphatic heterocycles. The molecule has 3 aromatic rings. The van der Waals surface area contributed by atoms with Crippen molar-refractivity contribution in [2.24, 2.45) is 0 Å². The maximum absolute atomic E-state index is 6.80. The van der Waals surface area contributed by atoms with Crippen molar-refractivity contribution in [3.8, 4) is 5.75 Å². The fourth-order valence-electron chi connectivity index (χ4n) is 3.85. The molecule has 0 fully saturated rings. The SMILES string of the molecule is CC(C)(C)[Si](OCCOCCOc1ccccc1)(c1ccccc1)c1ccccc1. The summed E-state index contributed by atoms with van der Waals surface area (Å²) in [4.78, 5) is 0. The summed E-state index contributed by atoms with van der Waals surface area (Å²) < 4.78 is 18.3. The number of rotatable bonds is 10. The summed E-state index contributed by atoms with van der Waals surface area (Å²) in [5.41, 5.74) is 0. The normalized spacial score (nSPS) is 12.0. The van der Waals surface area contributed by atoms with Crippen LogP contribution in [-0.4, -0.2) is 34.7 Å². The van der Waals surface area contributed by atoms with Gasteiger partial charge in [0, 0.05) is 0 Å². The van der Waals surface area contributed by atoms with Gasteiger partial charge in [0.2, 0.25) is 0 Å². The van der Waals surface area contributed by atoms with E-state index in [2.05, 4.69) is 81.4 Å². The van der Waals surface area contributed by atoms with Gasteiger partial charge in [0.15, 0.2) is 0 Å². The minimum absolute atomic E-state index is 0.0217. The number of ether oxygens (including phenoxy) is 2. The summed E-state index contributed by atoms with van der Waals surface area (Å²) in [5, 5.41) is 2.55. The minimum atomic E-state index is -2.48. The van der Waals surface area contributed by atoms with Gasteiger partial charge in [-0.3, -0.25) is 0 Å². The van der Waals surface area contributed by atoms with Gasteiger partial charge in [-0.2, -0.15) is 0 Å². The molecule has 3 aromatic carbocycles. The second kappa shape index (κ2) is 10.6. The molecule has 158 valence electrons. The van der Waals surface area contributed by atoms with E-state index in [-0.39, 0.29) is 5.04 Å². The van der Waals surface area contributed by atoms with Crippen LogP contribution >= 0.6 is 0 Å². The van der Waals surface area contributed by atoms with Crippen LogP contribution in [0.1, 0.15) is 20.8 Å². The Morgan fingerprint density at radius 3 is 1.57 bits per heavy atom. The van der Waals surface area contributed by atoms with Crippen molar-refractivity contribution in [3.63, 3.8) is 0 Å². The van der Waals surface area contributed by atoms with Crippen molar-refractivity contribution in [1.82, 2.24) is 0 Å². The lowest BCUT2D eigenvalue weighted by Gasteiger charge is -2.43. The summed E-state index contributed by atoms with van der Waals surface area (Å²) in [5.74, 6) is 0.865. The third-order valence-corrected chi connectivity index (χ3v) is 10.2. The Bertz CT molecular complexity index is 822. The number of benzene rings is 3. The standard InChI is InChI=1S/C26H32O3Si/c1-26(2,3)30(24-15-9-5-10-16-24,25-17-11-6-12-18-25)29-22-20-27-19-21-28-23-13-7-4-8-14-23/h4-18H,19-22H2,1-3H3. The molecule has 0 aliphatic rings. The number of hydrogen-bond donors (Lipinski definition) is 0. The average molecular weight is 421 g/mol. The fourth-order valence-corrected chi connectivity index (χ4v) is 8.40. The summed E-state index contributed by atoms with van der Waals surface area (Å²) >= 11 is 0. The molecule has 0 atom stereocenters. The Kier molecular flexibility index (Phi) is 7.85. The van der Waals surface area contributed by atoms with Crippen LogP contribution in [0.4, 0.5) is 0 Å². The molecule has 0 bridgehead atoms. The molecule has 4 heteroatoms. The van der Waals surface area contributed by atoms with E-state index in [1.54, 1.807) is 0 Å². The third kappa shape index (κ3) is 5.39. The van der Waals surface area contributed by atoms with Gasteiger partial charge in [0.25, 0.3) is 8.32 Å². The van der Waals surface area contributed by atoms with Crippen LogP contribution < -0.4 is 15.1 Å². The van der Waals surface area contributed by atoms with Crippen LogP contribution in [0.15, 0.2) is 91.0 Å². The van der Waals surface area contributed by atoms with Crippen molar-refractivity contribution in [1.29, 1.82) is 0 Å². The molecule has 3 nitrogen and oxygen atoms in total. The van der Waals surface area contributed by atoms with Crippen molar-refractivity contribution in [3.05, 3.63) is 91.0 Å². The zero-order valence-corrected chi connectivity index (χ0v) is 19.2. The molecule has 0 saturated heterocycles. The number of hydrogen-bond acceptors (Lipinski definition) is 3. The van der Waals surface area contributed by atoms with E-state index in [4.69, 9.17) is 13.9 Å². The largest absolute Gasteiger partial charge is 0.491 e. The highest BCUT2D eigenvalue weighted by molar-refractivity contribution is 6.99. The van der Waals surface area contributed by atoms with Gasteiger partial charge in [0.1, 0.15) is 12.4 Å². The van der Waals surface area contributed by atoms with Gasteiger partial charge in [-0.1, -0.05) is 99.6 Å². The minimum Gasteiger partial charge on any atom is -0.491 e. The molecule has 0 aromatic heterocycles. The Hall–Kier alpha value is -2.40. The molecule has 0 heterocycles.